The average Bonchev–Trinajstić information content (AvgIpc) is 2.79. The number of hydrogen-bond acceptors (Lipinski definition) is 6. The Morgan fingerprint density at radius 3 is 2.27 bits per heavy atom. The lowest BCUT2D eigenvalue weighted by Gasteiger charge is -2.28. The zero-order valence-corrected chi connectivity index (χ0v) is 17.6. The van der Waals surface area contributed by atoms with Crippen molar-refractivity contribution in [2.24, 2.45) is 0 Å². The van der Waals surface area contributed by atoms with Crippen molar-refractivity contribution in [1.82, 2.24) is 4.90 Å². The zero-order chi connectivity index (χ0) is 21.5. The van der Waals surface area contributed by atoms with Crippen LogP contribution >= 0.6 is 0 Å². The number of amides is 1. The quantitative estimate of drug-likeness (QED) is 0.620. The van der Waals surface area contributed by atoms with Crippen LogP contribution in [0, 0.1) is 0 Å². The van der Waals surface area contributed by atoms with Gasteiger partial charge in [0.1, 0.15) is 0 Å². The summed E-state index contributed by atoms with van der Waals surface area (Å²) >= 11 is 0. The molecule has 1 amide bonds. The number of rotatable bonds is 8. The normalized spacial score (nSPS) is 12.7. The van der Waals surface area contributed by atoms with Crippen LogP contribution in [0.15, 0.2) is 36.4 Å². The van der Waals surface area contributed by atoms with Gasteiger partial charge in [0.25, 0.3) is 5.91 Å². The molecule has 0 saturated carbocycles. The predicted molar refractivity (Wildman–Crippen MR) is 111 cm³/mol. The molecule has 7 heteroatoms. The molecule has 0 unspecified atom stereocenters. The van der Waals surface area contributed by atoms with Gasteiger partial charge in [0.05, 0.1) is 21.3 Å². The lowest BCUT2D eigenvalue weighted by atomic mass is 10.00. The van der Waals surface area contributed by atoms with Crippen molar-refractivity contribution in [3.05, 3.63) is 53.1 Å². The molecule has 0 saturated heterocycles. The van der Waals surface area contributed by atoms with E-state index >= 15 is 0 Å². The molecule has 2 aromatic rings. The fourth-order valence-corrected chi connectivity index (χ4v) is 3.54. The minimum absolute atomic E-state index is 0.148. The molecule has 0 spiro atoms. The van der Waals surface area contributed by atoms with Crippen molar-refractivity contribution < 1.29 is 28.5 Å². The van der Waals surface area contributed by atoms with Crippen molar-refractivity contribution in [3.8, 4) is 17.2 Å². The van der Waals surface area contributed by atoms with Crippen LogP contribution in [0.2, 0.25) is 0 Å². The van der Waals surface area contributed by atoms with Crippen LogP contribution in [0.4, 0.5) is 0 Å². The molecule has 0 aliphatic carbocycles. The Bertz CT molecular complexity index is 885. The number of aryl methyl sites for hydroxylation is 1. The number of ether oxygens (including phenoxy) is 4. The molecule has 1 heterocycles. The SMILES string of the molecule is COc1cc(CCC(=O)OCC(=O)N2CCc3ccccc3C2)cc(OC)c1OC. The highest BCUT2D eigenvalue weighted by molar-refractivity contribution is 5.81. The number of fused-ring (bicyclic) bond motifs is 1. The minimum Gasteiger partial charge on any atom is -0.493 e. The van der Waals surface area contributed by atoms with Gasteiger partial charge in [0.15, 0.2) is 18.1 Å². The molecule has 0 bridgehead atoms. The van der Waals surface area contributed by atoms with E-state index in [9.17, 15) is 9.59 Å². The fraction of sp³-hybridized carbons (Fsp3) is 0.391. The lowest BCUT2D eigenvalue weighted by Crippen LogP contribution is -2.38. The maximum Gasteiger partial charge on any atom is 0.306 e. The van der Waals surface area contributed by atoms with Crippen molar-refractivity contribution in [2.75, 3.05) is 34.5 Å². The first-order valence-electron chi connectivity index (χ1n) is 9.84. The van der Waals surface area contributed by atoms with Gasteiger partial charge in [0.2, 0.25) is 5.75 Å². The largest absolute Gasteiger partial charge is 0.493 e. The van der Waals surface area contributed by atoms with E-state index in [-0.39, 0.29) is 18.9 Å². The van der Waals surface area contributed by atoms with Crippen molar-refractivity contribution >= 4 is 11.9 Å². The summed E-state index contributed by atoms with van der Waals surface area (Å²) in [6, 6.07) is 11.7. The predicted octanol–water partition coefficient (Wildman–Crippen LogP) is 2.77. The van der Waals surface area contributed by atoms with E-state index in [0.29, 0.717) is 36.8 Å². The second-order valence-electron chi connectivity index (χ2n) is 7.03. The highest BCUT2D eigenvalue weighted by Crippen LogP contribution is 2.38. The van der Waals surface area contributed by atoms with E-state index in [0.717, 1.165) is 17.5 Å². The first-order chi connectivity index (χ1) is 14.5. The molecule has 2 aromatic carbocycles. The fourth-order valence-electron chi connectivity index (χ4n) is 3.54. The number of methoxy groups -OCH3 is 3. The molecule has 1 aliphatic heterocycles. The molecular formula is C23H27NO6. The van der Waals surface area contributed by atoms with Gasteiger partial charge in [-0.1, -0.05) is 24.3 Å². The van der Waals surface area contributed by atoms with Gasteiger partial charge in [-0.25, -0.2) is 0 Å². The van der Waals surface area contributed by atoms with Gasteiger partial charge in [-0.05, 0) is 41.7 Å². The van der Waals surface area contributed by atoms with Gasteiger partial charge in [-0.15, -0.1) is 0 Å². The molecule has 0 N–H and O–H groups in total. The van der Waals surface area contributed by atoms with Crippen LogP contribution in [-0.4, -0.2) is 51.3 Å². The summed E-state index contributed by atoms with van der Waals surface area (Å²) in [6.45, 7) is 0.951. The van der Waals surface area contributed by atoms with Gasteiger partial charge >= 0.3 is 5.97 Å². The summed E-state index contributed by atoms with van der Waals surface area (Å²) in [7, 11) is 4.62. The van der Waals surface area contributed by atoms with E-state index in [1.54, 1.807) is 31.3 Å². The topological polar surface area (TPSA) is 74.3 Å². The molecule has 0 fully saturated rings. The molecule has 30 heavy (non-hydrogen) atoms. The summed E-state index contributed by atoms with van der Waals surface area (Å²) in [4.78, 5) is 26.3. The Morgan fingerprint density at radius 2 is 1.63 bits per heavy atom. The van der Waals surface area contributed by atoms with Gasteiger partial charge in [-0.3, -0.25) is 9.59 Å². The third kappa shape index (κ3) is 5.03. The molecule has 0 atom stereocenters. The molecule has 7 nitrogen and oxygen atoms in total. The van der Waals surface area contributed by atoms with Crippen LogP contribution in [0.1, 0.15) is 23.1 Å². The average molecular weight is 413 g/mol. The number of carbonyl (C=O) groups is 2. The van der Waals surface area contributed by atoms with Crippen LogP contribution in [0.5, 0.6) is 17.2 Å². The third-order valence-corrected chi connectivity index (χ3v) is 5.18. The van der Waals surface area contributed by atoms with Crippen molar-refractivity contribution in [1.29, 1.82) is 0 Å². The zero-order valence-electron chi connectivity index (χ0n) is 17.6. The Balaban J connectivity index is 1.50. The van der Waals surface area contributed by atoms with Crippen molar-refractivity contribution in [2.45, 2.75) is 25.8 Å². The first kappa shape index (κ1) is 21.5. The Labute approximate surface area is 176 Å². The van der Waals surface area contributed by atoms with Crippen molar-refractivity contribution in [3.63, 3.8) is 0 Å². The number of benzene rings is 2. The monoisotopic (exact) mass is 413 g/mol. The molecule has 0 aromatic heterocycles. The molecule has 3 rings (SSSR count). The van der Waals surface area contributed by atoms with E-state index < -0.39 is 5.97 Å². The Hall–Kier alpha value is -3.22. The Kier molecular flexibility index (Phi) is 7.17. The van der Waals surface area contributed by atoms with Crippen LogP contribution in [-0.2, 0) is 33.7 Å². The van der Waals surface area contributed by atoms with E-state index in [1.807, 2.05) is 18.2 Å². The number of hydrogen-bond donors (Lipinski definition) is 0. The van der Waals surface area contributed by atoms with E-state index in [1.165, 1.54) is 12.7 Å². The number of esters is 1. The summed E-state index contributed by atoms with van der Waals surface area (Å²) in [5.74, 6) is 0.960. The Morgan fingerprint density at radius 1 is 0.967 bits per heavy atom. The maximum absolute atomic E-state index is 12.4. The molecule has 0 radical (unpaired) electrons. The summed E-state index contributed by atoms with van der Waals surface area (Å²) in [5, 5.41) is 0. The summed E-state index contributed by atoms with van der Waals surface area (Å²) < 4.78 is 21.2. The maximum atomic E-state index is 12.4. The molecule has 160 valence electrons. The standard InChI is InChI=1S/C23H27NO6/c1-27-19-12-16(13-20(28-2)23(19)29-3)8-9-22(26)30-15-21(25)24-11-10-17-6-4-5-7-18(17)14-24/h4-7,12-13H,8-11,14-15H2,1-3H3. The lowest BCUT2D eigenvalue weighted by molar-refractivity contribution is -0.152. The summed E-state index contributed by atoms with van der Waals surface area (Å²) in [6.07, 6.45) is 1.40. The molecular weight excluding hydrogens is 386 g/mol. The second kappa shape index (κ2) is 10.0. The van der Waals surface area contributed by atoms with Crippen LogP contribution in [0.25, 0.3) is 0 Å². The van der Waals surface area contributed by atoms with Gasteiger partial charge in [-0.2, -0.15) is 0 Å². The van der Waals surface area contributed by atoms with E-state index in [2.05, 4.69) is 6.07 Å². The third-order valence-electron chi connectivity index (χ3n) is 5.18. The number of carbonyl (C=O) groups excluding carboxylic acids is 2. The van der Waals surface area contributed by atoms with Gasteiger partial charge in [0, 0.05) is 19.5 Å². The first-order valence-corrected chi connectivity index (χ1v) is 9.84. The molecule has 1 aliphatic rings. The smallest absolute Gasteiger partial charge is 0.306 e. The highest BCUT2D eigenvalue weighted by atomic mass is 16.5. The van der Waals surface area contributed by atoms with Gasteiger partial charge < -0.3 is 23.8 Å². The summed E-state index contributed by atoms with van der Waals surface area (Å²) in [5.41, 5.74) is 3.26. The van der Waals surface area contributed by atoms with E-state index in [4.69, 9.17) is 18.9 Å². The van der Waals surface area contributed by atoms with Crippen LogP contribution in [0.3, 0.4) is 0 Å². The minimum atomic E-state index is -0.422. The number of nitrogens with zero attached hydrogens (tertiary/aromatic N) is 1. The second-order valence-corrected chi connectivity index (χ2v) is 7.03. The van der Waals surface area contributed by atoms with Crippen LogP contribution < -0.4 is 14.2 Å². The highest BCUT2D eigenvalue weighted by Gasteiger charge is 2.21.